The molecule has 0 fully saturated rings. The number of aromatic nitrogens is 3. The minimum absolute atomic E-state index is 0.127. The van der Waals surface area contributed by atoms with Crippen molar-refractivity contribution in [2.24, 2.45) is 0 Å². The van der Waals surface area contributed by atoms with Crippen LogP contribution in [0.25, 0.3) is 33.5 Å². The number of nitrogens with one attached hydrogen (secondary N) is 2. The molecule has 2 aromatic carbocycles. The molecule has 3 heterocycles. The molecule has 0 aliphatic rings. The fourth-order valence-electron chi connectivity index (χ4n) is 4.65. The minimum Gasteiger partial charge on any atom is -0.455 e. The molecule has 3 aromatic heterocycles. The number of anilines is 1. The summed E-state index contributed by atoms with van der Waals surface area (Å²) in [6.07, 6.45) is 1.54. The number of imidazole rings is 1. The number of amides is 1. The topological polar surface area (TPSA) is 119 Å². The van der Waals surface area contributed by atoms with Crippen molar-refractivity contribution in [2.45, 2.75) is 38.7 Å². The fourth-order valence-corrected chi connectivity index (χ4v) is 5.84. The van der Waals surface area contributed by atoms with Crippen molar-refractivity contribution in [3.8, 4) is 11.3 Å². The van der Waals surface area contributed by atoms with Gasteiger partial charge in [-0.2, -0.15) is 21.6 Å². The molecule has 220 valence electrons. The second-order valence-electron chi connectivity index (χ2n) is 9.61. The largest absolute Gasteiger partial charge is 0.516 e. The summed E-state index contributed by atoms with van der Waals surface area (Å²) in [4.78, 5) is 21.8. The van der Waals surface area contributed by atoms with E-state index in [0.717, 1.165) is 23.4 Å². The summed E-state index contributed by atoms with van der Waals surface area (Å²) in [5.41, 5.74) is -1.96. The Bertz CT molecular complexity index is 1950. The maximum absolute atomic E-state index is 13.1. The third-order valence-electron chi connectivity index (χ3n) is 6.66. The molecule has 0 bridgehead atoms. The van der Waals surface area contributed by atoms with Crippen LogP contribution < -0.4 is 10.0 Å². The Morgan fingerprint density at radius 1 is 1.12 bits per heavy atom. The number of benzene rings is 2. The SMILES string of the molecule is CCCc1nc2c(C)cc(C(=O)NC)nc2n1Cc1ccc2oc(-c3ccccc3NS(=O)(=O)C(F)(F)F)c(Br)c2c1. The number of hydrogen-bond acceptors (Lipinski definition) is 6. The van der Waals surface area contributed by atoms with Gasteiger partial charge in [-0.25, -0.2) is 9.97 Å². The maximum Gasteiger partial charge on any atom is 0.516 e. The van der Waals surface area contributed by atoms with Crippen LogP contribution in [0.3, 0.4) is 0 Å². The third kappa shape index (κ3) is 5.36. The van der Waals surface area contributed by atoms with Crippen LogP contribution >= 0.6 is 15.9 Å². The van der Waals surface area contributed by atoms with Gasteiger partial charge in [0, 0.05) is 24.4 Å². The predicted molar refractivity (Wildman–Crippen MR) is 157 cm³/mol. The van der Waals surface area contributed by atoms with E-state index >= 15 is 0 Å². The Kier molecular flexibility index (Phi) is 7.79. The molecule has 9 nitrogen and oxygen atoms in total. The third-order valence-corrected chi connectivity index (χ3v) is 8.54. The number of hydrogen-bond donors (Lipinski definition) is 2. The zero-order valence-corrected chi connectivity index (χ0v) is 25.0. The summed E-state index contributed by atoms with van der Waals surface area (Å²) in [5.74, 6) is 0.670. The predicted octanol–water partition coefficient (Wildman–Crippen LogP) is 6.54. The molecule has 0 saturated carbocycles. The van der Waals surface area contributed by atoms with Gasteiger partial charge in [0.2, 0.25) is 0 Å². The molecule has 0 spiro atoms. The van der Waals surface area contributed by atoms with E-state index in [9.17, 15) is 26.4 Å². The van der Waals surface area contributed by atoms with E-state index in [4.69, 9.17) is 9.40 Å². The molecule has 42 heavy (non-hydrogen) atoms. The van der Waals surface area contributed by atoms with Crippen LogP contribution in [-0.2, 0) is 23.0 Å². The molecule has 5 aromatic rings. The molecule has 2 N–H and O–H groups in total. The van der Waals surface area contributed by atoms with E-state index in [1.54, 1.807) is 30.0 Å². The lowest BCUT2D eigenvalue weighted by atomic mass is 10.1. The Morgan fingerprint density at radius 2 is 1.86 bits per heavy atom. The Morgan fingerprint density at radius 3 is 2.55 bits per heavy atom. The molecule has 0 unspecified atom stereocenters. The van der Waals surface area contributed by atoms with Crippen molar-refractivity contribution in [2.75, 3.05) is 11.8 Å². The number of nitrogens with zero attached hydrogens (tertiary/aromatic N) is 3. The molecule has 0 aliphatic heterocycles. The summed E-state index contributed by atoms with van der Waals surface area (Å²) in [6.45, 7) is 4.30. The minimum atomic E-state index is -5.65. The number of pyridine rings is 1. The lowest BCUT2D eigenvalue weighted by Crippen LogP contribution is -2.30. The van der Waals surface area contributed by atoms with E-state index in [0.29, 0.717) is 39.6 Å². The lowest BCUT2D eigenvalue weighted by Gasteiger charge is -2.13. The van der Waals surface area contributed by atoms with E-state index < -0.39 is 15.5 Å². The number of para-hydroxylation sites is 1. The first kappa shape index (κ1) is 29.6. The van der Waals surface area contributed by atoms with E-state index in [2.05, 4.69) is 26.2 Å². The van der Waals surface area contributed by atoms with Gasteiger partial charge in [-0.1, -0.05) is 25.1 Å². The van der Waals surface area contributed by atoms with E-state index in [1.165, 1.54) is 18.2 Å². The second kappa shape index (κ2) is 11.1. The molecule has 1 amide bonds. The molecular weight excluding hydrogens is 639 g/mol. The van der Waals surface area contributed by atoms with Gasteiger partial charge in [0.1, 0.15) is 22.6 Å². The van der Waals surface area contributed by atoms with Crippen molar-refractivity contribution in [1.29, 1.82) is 0 Å². The van der Waals surface area contributed by atoms with Crippen LogP contribution in [0.15, 0.2) is 57.4 Å². The van der Waals surface area contributed by atoms with Gasteiger partial charge in [0.05, 0.1) is 16.7 Å². The zero-order valence-electron chi connectivity index (χ0n) is 22.6. The smallest absolute Gasteiger partial charge is 0.455 e. The normalized spacial score (nSPS) is 12.3. The lowest BCUT2D eigenvalue weighted by molar-refractivity contribution is -0.0429. The summed E-state index contributed by atoms with van der Waals surface area (Å²) in [6, 6.07) is 12.8. The van der Waals surface area contributed by atoms with Gasteiger partial charge in [0.25, 0.3) is 5.91 Å². The van der Waals surface area contributed by atoms with Gasteiger partial charge in [-0.3, -0.25) is 9.52 Å². The van der Waals surface area contributed by atoms with Crippen molar-refractivity contribution >= 4 is 59.7 Å². The van der Waals surface area contributed by atoms with Gasteiger partial charge in [-0.15, -0.1) is 0 Å². The number of rotatable bonds is 8. The number of alkyl halides is 3. The average Bonchev–Trinajstić information content (AvgIpc) is 3.45. The van der Waals surface area contributed by atoms with Crippen LogP contribution in [0.1, 0.15) is 40.8 Å². The summed E-state index contributed by atoms with van der Waals surface area (Å²) in [5, 5.41) is 3.23. The van der Waals surface area contributed by atoms with Crippen molar-refractivity contribution in [3.63, 3.8) is 0 Å². The summed E-state index contributed by atoms with van der Waals surface area (Å²) >= 11 is 3.51. The van der Waals surface area contributed by atoms with Crippen LogP contribution in [0.5, 0.6) is 0 Å². The summed E-state index contributed by atoms with van der Waals surface area (Å²) < 4.78 is 72.8. The first-order valence-corrected chi connectivity index (χ1v) is 15.1. The van der Waals surface area contributed by atoms with Crippen molar-refractivity contribution in [1.82, 2.24) is 19.9 Å². The number of halogens is 4. The van der Waals surface area contributed by atoms with Crippen LogP contribution in [-0.4, -0.2) is 41.4 Å². The second-order valence-corrected chi connectivity index (χ2v) is 12.1. The molecule has 5 rings (SSSR count). The van der Waals surface area contributed by atoms with Gasteiger partial charge in [-0.05, 0) is 70.7 Å². The average molecular weight is 665 g/mol. The molecule has 14 heteroatoms. The van der Waals surface area contributed by atoms with E-state index in [-0.39, 0.29) is 28.6 Å². The molecule has 0 radical (unpaired) electrons. The standard InChI is InChI=1S/C28H25BrF3N5O4S/c1-4-7-22-35-24-15(2)12-20(27(38)33-3)34-26(24)37(22)14-16-10-11-21-18(13-16)23(29)25(41-21)17-8-5-6-9-19(17)36-42(39,40)28(30,31)32/h5-6,8-13,36H,4,7,14H2,1-3H3,(H,33,38). The Hall–Kier alpha value is -3.91. The molecular formula is C28H25BrF3N5O4S. The van der Waals surface area contributed by atoms with Gasteiger partial charge in [0.15, 0.2) is 11.4 Å². The molecule has 0 aliphatic carbocycles. The van der Waals surface area contributed by atoms with Crippen LogP contribution in [0.4, 0.5) is 18.9 Å². The number of carbonyl (C=O) groups is 1. The van der Waals surface area contributed by atoms with Crippen molar-refractivity contribution in [3.05, 3.63) is 75.6 Å². The Labute approximate surface area is 247 Å². The fraction of sp³-hybridized carbons (Fsp3) is 0.250. The first-order chi connectivity index (χ1) is 19.8. The number of sulfonamides is 1. The molecule has 0 saturated heterocycles. The number of furan rings is 1. The summed E-state index contributed by atoms with van der Waals surface area (Å²) in [7, 11) is -4.11. The highest BCUT2D eigenvalue weighted by molar-refractivity contribution is 9.10. The first-order valence-electron chi connectivity index (χ1n) is 12.8. The molecule has 0 atom stereocenters. The monoisotopic (exact) mass is 663 g/mol. The number of fused-ring (bicyclic) bond motifs is 2. The Balaban J connectivity index is 1.58. The maximum atomic E-state index is 13.1. The highest BCUT2D eigenvalue weighted by Crippen LogP contribution is 2.42. The van der Waals surface area contributed by atoms with Gasteiger partial charge >= 0.3 is 15.5 Å². The van der Waals surface area contributed by atoms with E-state index in [1.807, 2.05) is 30.5 Å². The van der Waals surface area contributed by atoms with Crippen molar-refractivity contribution < 1.29 is 30.8 Å². The van der Waals surface area contributed by atoms with Gasteiger partial charge < -0.3 is 14.3 Å². The van der Waals surface area contributed by atoms with Crippen LogP contribution in [0.2, 0.25) is 0 Å². The number of aryl methyl sites for hydroxylation is 2. The highest BCUT2D eigenvalue weighted by atomic mass is 79.9. The number of carbonyl (C=O) groups excluding carboxylic acids is 1. The highest BCUT2D eigenvalue weighted by Gasteiger charge is 2.46. The zero-order chi connectivity index (χ0) is 30.4. The quantitative estimate of drug-likeness (QED) is 0.195. The van der Waals surface area contributed by atoms with Crippen LogP contribution in [0, 0.1) is 6.92 Å².